The minimum atomic E-state index is -0.668. The topological polar surface area (TPSA) is 63.6 Å². The summed E-state index contributed by atoms with van der Waals surface area (Å²) in [6.07, 6.45) is 6.35. The Morgan fingerprint density at radius 3 is 2.66 bits per heavy atom. The zero-order valence-corrected chi connectivity index (χ0v) is 17.1. The van der Waals surface area contributed by atoms with E-state index in [1.54, 1.807) is 4.90 Å². The van der Waals surface area contributed by atoms with Gasteiger partial charge in [0.15, 0.2) is 6.04 Å². The van der Waals surface area contributed by atoms with Crippen molar-refractivity contribution < 1.29 is 14.3 Å². The van der Waals surface area contributed by atoms with Crippen molar-refractivity contribution in [1.82, 2.24) is 9.88 Å². The van der Waals surface area contributed by atoms with Crippen molar-refractivity contribution in [3.8, 4) is 5.75 Å². The van der Waals surface area contributed by atoms with Crippen molar-refractivity contribution in [3.63, 3.8) is 0 Å². The highest BCUT2D eigenvalue weighted by Gasteiger charge is 2.39. The highest BCUT2D eigenvalue weighted by atomic mass is 16.5. The van der Waals surface area contributed by atoms with Gasteiger partial charge in [-0.15, -0.1) is 0 Å². The Bertz CT molecular complexity index is 874. The molecule has 29 heavy (non-hydrogen) atoms. The zero-order chi connectivity index (χ0) is 20.4. The van der Waals surface area contributed by atoms with Gasteiger partial charge in [0.2, 0.25) is 11.8 Å². The van der Waals surface area contributed by atoms with Crippen LogP contribution in [0.5, 0.6) is 5.75 Å². The van der Waals surface area contributed by atoms with E-state index >= 15 is 0 Å². The van der Waals surface area contributed by atoms with E-state index < -0.39 is 6.04 Å². The third-order valence-corrected chi connectivity index (χ3v) is 6.09. The maximum Gasteiger partial charge on any atom is 0.249 e. The minimum absolute atomic E-state index is 0.0882. The lowest BCUT2D eigenvalue weighted by Gasteiger charge is -2.38. The standard InChI is InChI=1S/C23H29N3O3/c1-3-29-18-12-10-17(11-13-18)26-21(27)15-25-14-6-9-20(25)22(26)23(28)24-19-8-5-4-7-16(19)2/h6,9-14,16,19,22H,3-5,7-8,15H2,1-2H3,(H,24,28). The number of nitrogens with one attached hydrogen (secondary N) is 1. The molecule has 3 unspecified atom stereocenters. The number of hydrogen-bond acceptors (Lipinski definition) is 3. The fourth-order valence-corrected chi connectivity index (χ4v) is 4.52. The average Bonchev–Trinajstić information content (AvgIpc) is 3.17. The van der Waals surface area contributed by atoms with Crippen LogP contribution in [-0.2, 0) is 16.1 Å². The van der Waals surface area contributed by atoms with Crippen LogP contribution in [0.25, 0.3) is 0 Å². The molecule has 6 heteroatoms. The smallest absolute Gasteiger partial charge is 0.249 e. The van der Waals surface area contributed by atoms with Crippen LogP contribution in [-0.4, -0.2) is 29.0 Å². The Balaban J connectivity index is 1.65. The van der Waals surface area contributed by atoms with E-state index in [0.717, 1.165) is 30.7 Å². The van der Waals surface area contributed by atoms with Gasteiger partial charge in [-0.25, -0.2) is 0 Å². The first-order valence-corrected chi connectivity index (χ1v) is 10.6. The maximum atomic E-state index is 13.4. The van der Waals surface area contributed by atoms with Crippen LogP contribution in [0, 0.1) is 5.92 Å². The highest BCUT2D eigenvalue weighted by molar-refractivity contribution is 6.02. The number of ether oxygens (including phenoxy) is 1. The van der Waals surface area contributed by atoms with E-state index in [1.165, 1.54) is 6.42 Å². The van der Waals surface area contributed by atoms with Gasteiger partial charge in [0.1, 0.15) is 12.3 Å². The number of benzene rings is 1. The average molecular weight is 396 g/mol. The first kappa shape index (κ1) is 19.6. The number of nitrogens with zero attached hydrogens (tertiary/aromatic N) is 2. The van der Waals surface area contributed by atoms with E-state index in [2.05, 4.69) is 12.2 Å². The van der Waals surface area contributed by atoms with Crippen LogP contribution in [0.4, 0.5) is 5.69 Å². The molecule has 1 aliphatic heterocycles. The number of carbonyl (C=O) groups is 2. The fraction of sp³-hybridized carbons (Fsp3) is 0.478. The molecule has 1 saturated carbocycles. The van der Waals surface area contributed by atoms with Gasteiger partial charge in [0, 0.05) is 17.9 Å². The molecule has 0 spiro atoms. The molecule has 0 bridgehead atoms. The summed E-state index contributed by atoms with van der Waals surface area (Å²) in [4.78, 5) is 28.1. The van der Waals surface area contributed by atoms with Crippen molar-refractivity contribution in [2.75, 3.05) is 11.5 Å². The van der Waals surface area contributed by atoms with Gasteiger partial charge in [0.25, 0.3) is 0 Å². The molecule has 154 valence electrons. The summed E-state index contributed by atoms with van der Waals surface area (Å²) in [5, 5.41) is 3.25. The second kappa shape index (κ2) is 8.31. The third kappa shape index (κ3) is 3.88. The summed E-state index contributed by atoms with van der Waals surface area (Å²) in [5.41, 5.74) is 1.56. The van der Waals surface area contributed by atoms with Gasteiger partial charge in [-0.3, -0.25) is 14.5 Å². The maximum absolute atomic E-state index is 13.4. The number of aromatic nitrogens is 1. The highest BCUT2D eigenvalue weighted by Crippen LogP contribution is 2.34. The van der Waals surface area contributed by atoms with E-state index in [0.29, 0.717) is 18.2 Å². The lowest BCUT2D eigenvalue weighted by molar-refractivity contribution is -0.129. The number of hydrogen-bond donors (Lipinski definition) is 1. The molecule has 2 heterocycles. The summed E-state index contributed by atoms with van der Waals surface area (Å²) < 4.78 is 7.40. The summed E-state index contributed by atoms with van der Waals surface area (Å²) in [6.45, 7) is 4.95. The van der Waals surface area contributed by atoms with Crippen molar-refractivity contribution >= 4 is 17.5 Å². The predicted octanol–water partition coefficient (Wildman–Crippen LogP) is 3.67. The molecule has 1 aliphatic carbocycles. The molecule has 1 N–H and O–H groups in total. The first-order valence-electron chi connectivity index (χ1n) is 10.6. The quantitative estimate of drug-likeness (QED) is 0.840. The molecule has 1 aromatic heterocycles. The normalized spacial score (nSPS) is 24.1. The molecule has 2 amide bonds. The number of fused-ring (bicyclic) bond motifs is 1. The van der Waals surface area contributed by atoms with Crippen LogP contribution < -0.4 is 15.0 Å². The monoisotopic (exact) mass is 395 g/mol. The van der Waals surface area contributed by atoms with Gasteiger partial charge < -0.3 is 14.6 Å². The molecule has 1 aromatic carbocycles. The second-order valence-electron chi connectivity index (χ2n) is 8.03. The molecule has 2 aliphatic rings. The molecular weight excluding hydrogens is 366 g/mol. The van der Waals surface area contributed by atoms with Gasteiger partial charge in [-0.2, -0.15) is 0 Å². The molecule has 3 atom stereocenters. The van der Waals surface area contributed by atoms with Crippen LogP contribution in [0.2, 0.25) is 0 Å². The SMILES string of the molecule is CCOc1ccc(N2C(=O)Cn3cccc3C2C(=O)NC2CCCCC2C)cc1. The number of amides is 2. The Morgan fingerprint density at radius 2 is 1.93 bits per heavy atom. The summed E-state index contributed by atoms with van der Waals surface area (Å²) in [5.74, 6) is 1.01. The molecule has 0 radical (unpaired) electrons. The minimum Gasteiger partial charge on any atom is -0.494 e. The Kier molecular flexibility index (Phi) is 5.60. The number of rotatable bonds is 5. The van der Waals surface area contributed by atoms with Crippen molar-refractivity contribution in [1.29, 1.82) is 0 Å². The van der Waals surface area contributed by atoms with E-state index in [-0.39, 0.29) is 24.4 Å². The van der Waals surface area contributed by atoms with Gasteiger partial charge in [-0.05, 0) is 62.1 Å². The van der Waals surface area contributed by atoms with Crippen LogP contribution >= 0.6 is 0 Å². The number of anilines is 1. The Labute approximate surface area is 171 Å². The predicted molar refractivity (Wildman–Crippen MR) is 112 cm³/mol. The molecule has 4 rings (SSSR count). The van der Waals surface area contributed by atoms with Crippen LogP contribution in [0.15, 0.2) is 42.6 Å². The van der Waals surface area contributed by atoms with Gasteiger partial charge in [0.05, 0.1) is 12.3 Å². The van der Waals surface area contributed by atoms with Crippen molar-refractivity contribution in [2.45, 2.75) is 58.2 Å². The van der Waals surface area contributed by atoms with Crippen molar-refractivity contribution in [2.24, 2.45) is 5.92 Å². The van der Waals surface area contributed by atoms with Crippen molar-refractivity contribution in [3.05, 3.63) is 48.3 Å². The summed E-state index contributed by atoms with van der Waals surface area (Å²) in [6, 6.07) is 10.7. The molecule has 0 saturated heterocycles. The van der Waals surface area contributed by atoms with E-state index in [9.17, 15) is 9.59 Å². The van der Waals surface area contributed by atoms with E-state index in [4.69, 9.17) is 4.74 Å². The van der Waals surface area contributed by atoms with Gasteiger partial charge >= 0.3 is 0 Å². The summed E-state index contributed by atoms with van der Waals surface area (Å²) in [7, 11) is 0. The lowest BCUT2D eigenvalue weighted by atomic mass is 9.85. The Morgan fingerprint density at radius 1 is 1.17 bits per heavy atom. The lowest BCUT2D eigenvalue weighted by Crippen LogP contribution is -2.52. The van der Waals surface area contributed by atoms with Crippen LogP contribution in [0.1, 0.15) is 51.3 Å². The second-order valence-corrected chi connectivity index (χ2v) is 8.03. The molecule has 1 fully saturated rings. The zero-order valence-electron chi connectivity index (χ0n) is 17.1. The first-order chi connectivity index (χ1) is 14.1. The van der Waals surface area contributed by atoms with E-state index in [1.807, 2.05) is 54.1 Å². The van der Waals surface area contributed by atoms with Crippen LogP contribution in [0.3, 0.4) is 0 Å². The Hall–Kier alpha value is -2.76. The number of carbonyl (C=O) groups excluding carboxylic acids is 2. The molecule has 6 nitrogen and oxygen atoms in total. The summed E-state index contributed by atoms with van der Waals surface area (Å²) >= 11 is 0. The fourth-order valence-electron chi connectivity index (χ4n) is 4.52. The molecular formula is C23H29N3O3. The van der Waals surface area contributed by atoms with Gasteiger partial charge in [-0.1, -0.05) is 19.8 Å². The largest absolute Gasteiger partial charge is 0.494 e. The third-order valence-electron chi connectivity index (χ3n) is 6.09. The molecule has 2 aromatic rings.